The van der Waals surface area contributed by atoms with Gasteiger partial charge >= 0.3 is 5.97 Å². The molecule has 0 atom stereocenters. The lowest BCUT2D eigenvalue weighted by Gasteiger charge is -2.20. The van der Waals surface area contributed by atoms with Crippen LogP contribution in [-0.2, 0) is 9.63 Å². The molecule has 3 rings (SSSR count). The second-order valence-corrected chi connectivity index (χ2v) is 7.95. The average Bonchev–Trinajstić information content (AvgIpc) is 2.83. The molecule has 3 aromatic rings. The minimum Gasteiger partial charge on any atom is -0.343 e. The number of carbonyl (C=O) groups is 2. The van der Waals surface area contributed by atoms with Gasteiger partial charge in [-0.1, -0.05) is 37.0 Å². The number of benzene rings is 3. The van der Waals surface area contributed by atoms with Crippen LogP contribution >= 0.6 is 0 Å². The van der Waals surface area contributed by atoms with Crippen molar-refractivity contribution >= 4 is 23.3 Å². The van der Waals surface area contributed by atoms with Gasteiger partial charge < -0.3 is 10.2 Å². The summed E-state index contributed by atoms with van der Waals surface area (Å²) in [5.41, 5.74) is 5.65. The monoisotopic (exact) mass is 426 g/mol. The van der Waals surface area contributed by atoms with Crippen LogP contribution in [0.2, 0.25) is 0 Å². The zero-order chi connectivity index (χ0) is 23.0. The summed E-state index contributed by atoms with van der Waals surface area (Å²) < 4.78 is 0. The maximum absolute atomic E-state index is 12.5. The van der Waals surface area contributed by atoms with Crippen LogP contribution in [0.15, 0.2) is 78.9 Å². The molecule has 0 aliphatic carbocycles. The Morgan fingerprint density at radius 1 is 0.812 bits per heavy atom. The number of amides is 1. The van der Waals surface area contributed by atoms with E-state index in [2.05, 4.69) is 22.6 Å². The fraction of sp³-hybridized carbons (Fsp3) is 0.185. The van der Waals surface area contributed by atoms with Gasteiger partial charge in [0.25, 0.3) is 5.91 Å². The smallest absolute Gasteiger partial charge is 0.337 e. The molecule has 5 nitrogen and oxygen atoms in total. The van der Waals surface area contributed by atoms with Crippen molar-refractivity contribution in [3.8, 4) is 11.8 Å². The van der Waals surface area contributed by atoms with Crippen molar-refractivity contribution < 1.29 is 14.4 Å². The van der Waals surface area contributed by atoms with E-state index in [-0.39, 0.29) is 11.9 Å². The Morgan fingerprint density at radius 3 is 1.97 bits per heavy atom. The number of nitrogens with one attached hydrogen (secondary N) is 2. The zero-order valence-corrected chi connectivity index (χ0v) is 18.4. The highest BCUT2D eigenvalue weighted by Crippen LogP contribution is 2.22. The van der Waals surface area contributed by atoms with E-state index in [0.717, 1.165) is 11.1 Å². The van der Waals surface area contributed by atoms with Crippen LogP contribution < -0.4 is 10.8 Å². The molecule has 32 heavy (non-hydrogen) atoms. The first-order valence-electron chi connectivity index (χ1n) is 10.4. The summed E-state index contributed by atoms with van der Waals surface area (Å²) in [5.74, 6) is 5.65. The molecule has 0 aromatic heterocycles. The molecule has 0 bridgehead atoms. The Morgan fingerprint density at radius 2 is 1.38 bits per heavy atom. The third-order valence-electron chi connectivity index (χ3n) is 5.11. The normalized spacial score (nSPS) is 10.5. The van der Waals surface area contributed by atoms with E-state index in [1.54, 1.807) is 24.3 Å². The van der Waals surface area contributed by atoms with Crippen molar-refractivity contribution in [3.63, 3.8) is 0 Å². The lowest BCUT2D eigenvalue weighted by molar-refractivity contribution is -0.150. The van der Waals surface area contributed by atoms with Crippen LogP contribution in [-0.4, -0.2) is 11.9 Å². The van der Waals surface area contributed by atoms with Gasteiger partial charge in [0.05, 0.1) is 11.1 Å². The second kappa shape index (κ2) is 10.3. The number of rotatable bonds is 6. The Labute approximate surface area is 188 Å². The summed E-state index contributed by atoms with van der Waals surface area (Å²) in [6.07, 6.45) is 0.674. The lowest BCUT2D eigenvalue weighted by atomic mass is 9.91. The minimum atomic E-state index is -0.560. The molecule has 0 saturated carbocycles. The largest absolute Gasteiger partial charge is 0.343 e. The summed E-state index contributed by atoms with van der Waals surface area (Å²) in [5, 5.41) is 2.86. The molecular weight excluding hydrogens is 400 g/mol. The molecule has 0 aliphatic rings. The molecule has 0 heterocycles. The number of anilines is 2. The van der Waals surface area contributed by atoms with Crippen LogP contribution in [0, 0.1) is 17.3 Å². The highest BCUT2D eigenvalue weighted by molar-refractivity contribution is 6.04. The van der Waals surface area contributed by atoms with Crippen LogP contribution in [0.5, 0.6) is 0 Å². The van der Waals surface area contributed by atoms with E-state index in [0.29, 0.717) is 23.4 Å². The number of hydrogen-bond donors (Lipinski definition) is 2. The van der Waals surface area contributed by atoms with Crippen molar-refractivity contribution in [1.82, 2.24) is 0 Å². The topological polar surface area (TPSA) is 67.4 Å². The minimum absolute atomic E-state index is 0.233. The Balaban J connectivity index is 1.55. The molecular formula is C27H26N2O3. The zero-order valence-electron chi connectivity index (χ0n) is 18.4. The van der Waals surface area contributed by atoms with Crippen molar-refractivity contribution in [2.45, 2.75) is 27.2 Å². The van der Waals surface area contributed by atoms with Gasteiger partial charge in [-0.15, -0.1) is 0 Å². The van der Waals surface area contributed by atoms with E-state index in [9.17, 15) is 9.59 Å². The molecule has 0 aliphatic heterocycles. The van der Waals surface area contributed by atoms with E-state index in [4.69, 9.17) is 4.84 Å². The van der Waals surface area contributed by atoms with E-state index >= 15 is 0 Å². The van der Waals surface area contributed by atoms with E-state index < -0.39 is 5.41 Å². The molecule has 3 aromatic carbocycles. The van der Waals surface area contributed by atoms with Gasteiger partial charge in [-0.3, -0.25) is 4.79 Å². The second-order valence-electron chi connectivity index (χ2n) is 7.95. The summed E-state index contributed by atoms with van der Waals surface area (Å²) in [4.78, 5) is 29.7. The van der Waals surface area contributed by atoms with Crippen molar-refractivity contribution in [2.24, 2.45) is 5.41 Å². The first-order valence-corrected chi connectivity index (χ1v) is 10.4. The van der Waals surface area contributed by atoms with Gasteiger partial charge in [0.2, 0.25) is 0 Å². The SMILES string of the molecule is CCC(C)(C)C(=O)ONc1ccc(C(=O)Nc2ccc(C#Cc3ccccc3)cc2)cc1. The summed E-state index contributed by atoms with van der Waals surface area (Å²) in [6.45, 7) is 5.58. The van der Waals surface area contributed by atoms with Crippen molar-refractivity contribution in [3.05, 3.63) is 95.6 Å². The summed E-state index contributed by atoms with van der Waals surface area (Å²) in [6, 6.07) is 23.8. The molecule has 1 amide bonds. The van der Waals surface area contributed by atoms with Gasteiger partial charge in [0, 0.05) is 22.4 Å². The van der Waals surface area contributed by atoms with Crippen LogP contribution in [0.1, 0.15) is 48.7 Å². The molecule has 0 unspecified atom stereocenters. The molecule has 0 fully saturated rings. The van der Waals surface area contributed by atoms with Gasteiger partial charge in [0.15, 0.2) is 0 Å². The number of hydrogen-bond acceptors (Lipinski definition) is 4. The molecule has 0 radical (unpaired) electrons. The highest BCUT2D eigenvalue weighted by atomic mass is 16.7. The Kier molecular flexibility index (Phi) is 7.30. The van der Waals surface area contributed by atoms with E-state index in [1.807, 2.05) is 75.4 Å². The summed E-state index contributed by atoms with van der Waals surface area (Å²) in [7, 11) is 0. The van der Waals surface area contributed by atoms with Gasteiger partial charge in [-0.25, -0.2) is 10.3 Å². The Hall–Kier alpha value is -4.04. The van der Waals surface area contributed by atoms with Crippen LogP contribution in [0.4, 0.5) is 11.4 Å². The first kappa shape index (κ1) is 22.6. The van der Waals surface area contributed by atoms with Gasteiger partial charge in [0.1, 0.15) is 0 Å². The maximum atomic E-state index is 12.5. The lowest BCUT2D eigenvalue weighted by Crippen LogP contribution is -2.27. The molecule has 2 N–H and O–H groups in total. The standard InChI is InChI=1S/C27H26N2O3/c1-4-27(2,3)26(31)32-29-24-18-14-22(15-19-24)25(30)28-23-16-12-21(13-17-23)11-10-20-8-6-5-7-9-20/h5-9,12-19,29H,4H2,1-3H3,(H,28,30). The fourth-order valence-corrected chi connectivity index (χ4v) is 2.58. The van der Waals surface area contributed by atoms with Crippen molar-refractivity contribution in [1.29, 1.82) is 0 Å². The molecule has 0 spiro atoms. The third kappa shape index (κ3) is 6.23. The predicted octanol–water partition coefficient (Wildman–Crippen LogP) is 5.65. The van der Waals surface area contributed by atoms with Crippen LogP contribution in [0.25, 0.3) is 0 Å². The average molecular weight is 427 g/mol. The molecule has 5 heteroatoms. The predicted molar refractivity (Wildman–Crippen MR) is 127 cm³/mol. The maximum Gasteiger partial charge on any atom is 0.337 e. The molecule has 0 saturated heterocycles. The van der Waals surface area contributed by atoms with Crippen molar-refractivity contribution in [2.75, 3.05) is 10.8 Å². The van der Waals surface area contributed by atoms with Gasteiger partial charge in [-0.05, 0) is 80.9 Å². The third-order valence-corrected chi connectivity index (χ3v) is 5.11. The molecule has 162 valence electrons. The quantitative estimate of drug-likeness (QED) is 0.395. The van der Waals surface area contributed by atoms with E-state index in [1.165, 1.54) is 0 Å². The first-order chi connectivity index (χ1) is 15.4. The highest BCUT2D eigenvalue weighted by Gasteiger charge is 2.27. The van der Waals surface area contributed by atoms with Gasteiger partial charge in [-0.2, -0.15) is 0 Å². The van der Waals surface area contributed by atoms with Crippen LogP contribution in [0.3, 0.4) is 0 Å². The summed E-state index contributed by atoms with van der Waals surface area (Å²) >= 11 is 0. The fourth-order valence-electron chi connectivity index (χ4n) is 2.58. The Bertz CT molecular complexity index is 1120. The number of carbonyl (C=O) groups excluding carboxylic acids is 2.